The molecule has 1 atom stereocenters. The Labute approximate surface area is 184 Å². The summed E-state index contributed by atoms with van der Waals surface area (Å²) in [6.45, 7) is 4.25. The summed E-state index contributed by atoms with van der Waals surface area (Å²) in [5, 5.41) is 3.50. The van der Waals surface area contributed by atoms with E-state index in [-0.39, 0.29) is 5.91 Å². The molecule has 0 bridgehead atoms. The van der Waals surface area contributed by atoms with Crippen LogP contribution in [0.1, 0.15) is 35.7 Å². The summed E-state index contributed by atoms with van der Waals surface area (Å²) in [5.74, 6) is 1.36. The van der Waals surface area contributed by atoms with Gasteiger partial charge in [0, 0.05) is 24.7 Å². The second-order valence-electron chi connectivity index (χ2n) is 7.79. The lowest BCUT2D eigenvalue weighted by Crippen LogP contribution is -2.42. The van der Waals surface area contributed by atoms with Gasteiger partial charge in [-0.25, -0.2) is 0 Å². The van der Waals surface area contributed by atoms with Crippen molar-refractivity contribution in [2.45, 2.75) is 25.8 Å². The van der Waals surface area contributed by atoms with Crippen molar-refractivity contribution < 1.29 is 19.0 Å². The minimum absolute atomic E-state index is 0.0613. The van der Waals surface area contributed by atoms with Gasteiger partial charge in [-0.05, 0) is 44.0 Å². The van der Waals surface area contributed by atoms with Gasteiger partial charge in [0.15, 0.2) is 11.5 Å². The number of carbonyl (C=O) groups is 1. The average molecular weight is 425 g/mol. The van der Waals surface area contributed by atoms with Crippen LogP contribution in [0.5, 0.6) is 17.2 Å². The molecule has 0 saturated carbocycles. The molecule has 2 aromatic rings. The smallest absolute Gasteiger partial charge is 0.254 e. The predicted octanol–water partition coefficient (Wildman–Crippen LogP) is 4.01. The fraction of sp³-hybridized carbons (Fsp3) is 0.400. The number of carbonyl (C=O) groups excluding carboxylic acids is 1. The van der Waals surface area contributed by atoms with Crippen LogP contribution in [0.25, 0.3) is 6.08 Å². The Balaban J connectivity index is 1.89. The second kappa shape index (κ2) is 10.9. The van der Waals surface area contributed by atoms with Crippen LogP contribution in [0.3, 0.4) is 0 Å². The molecule has 6 heteroatoms. The zero-order valence-corrected chi connectivity index (χ0v) is 18.8. The van der Waals surface area contributed by atoms with Gasteiger partial charge in [0.1, 0.15) is 0 Å². The molecule has 1 N–H and O–H groups in total. The van der Waals surface area contributed by atoms with Gasteiger partial charge >= 0.3 is 0 Å². The minimum atomic E-state index is -0.0613. The van der Waals surface area contributed by atoms with Crippen molar-refractivity contribution in [1.82, 2.24) is 10.2 Å². The summed E-state index contributed by atoms with van der Waals surface area (Å²) in [6.07, 6.45) is 4.33. The van der Waals surface area contributed by atoms with Crippen molar-refractivity contribution in [3.8, 4) is 17.2 Å². The maximum atomic E-state index is 13.6. The zero-order chi connectivity index (χ0) is 22.2. The third-order valence-electron chi connectivity index (χ3n) is 5.45. The summed E-state index contributed by atoms with van der Waals surface area (Å²) in [6, 6.07) is 13.9. The van der Waals surface area contributed by atoms with E-state index in [0.29, 0.717) is 41.9 Å². The first kappa shape index (κ1) is 22.7. The first-order chi connectivity index (χ1) is 15.0. The average Bonchev–Trinajstić information content (AvgIpc) is 3.30. The zero-order valence-electron chi connectivity index (χ0n) is 18.8. The number of hydrogen-bond acceptors (Lipinski definition) is 5. The standard InChI is InChI=1S/C25H32N2O4/c1-18(13-19-9-6-5-7-10-19)16-27(17-21-11-8-12-26-21)25(28)20-14-22(29-2)24(31-4)23(15-20)30-3/h5-7,9-10,13-15,21,26H,8,11-12,16-17H2,1-4H3/b18-13+/t21-/m0/s1. The molecule has 6 nitrogen and oxygen atoms in total. The molecule has 0 unspecified atom stereocenters. The van der Waals surface area contributed by atoms with Crippen molar-refractivity contribution in [2.75, 3.05) is 41.0 Å². The van der Waals surface area contributed by atoms with Gasteiger partial charge in [-0.3, -0.25) is 4.79 Å². The Bertz CT molecular complexity index is 880. The van der Waals surface area contributed by atoms with E-state index in [1.807, 2.05) is 23.1 Å². The Kier molecular flexibility index (Phi) is 7.95. The number of amides is 1. The molecular formula is C25H32N2O4. The first-order valence-electron chi connectivity index (χ1n) is 10.6. The summed E-state index contributed by atoms with van der Waals surface area (Å²) < 4.78 is 16.3. The van der Waals surface area contributed by atoms with E-state index in [4.69, 9.17) is 14.2 Å². The van der Waals surface area contributed by atoms with Gasteiger partial charge in [0.2, 0.25) is 5.75 Å². The van der Waals surface area contributed by atoms with Gasteiger partial charge in [-0.1, -0.05) is 42.0 Å². The Morgan fingerprint density at radius 3 is 2.32 bits per heavy atom. The van der Waals surface area contributed by atoms with Crippen LogP contribution in [0.15, 0.2) is 48.0 Å². The highest BCUT2D eigenvalue weighted by molar-refractivity contribution is 5.96. The minimum Gasteiger partial charge on any atom is -0.493 e. The highest BCUT2D eigenvalue weighted by Crippen LogP contribution is 2.38. The Morgan fingerprint density at radius 1 is 1.10 bits per heavy atom. The third-order valence-corrected chi connectivity index (χ3v) is 5.45. The van der Waals surface area contributed by atoms with Crippen LogP contribution in [-0.2, 0) is 0 Å². The predicted molar refractivity (Wildman–Crippen MR) is 123 cm³/mol. The monoisotopic (exact) mass is 424 g/mol. The summed E-state index contributed by atoms with van der Waals surface area (Å²) in [5.41, 5.74) is 2.75. The lowest BCUT2D eigenvalue weighted by Gasteiger charge is -2.27. The number of rotatable bonds is 9. The summed E-state index contributed by atoms with van der Waals surface area (Å²) in [4.78, 5) is 15.5. The molecule has 31 heavy (non-hydrogen) atoms. The molecule has 1 fully saturated rings. The molecule has 1 saturated heterocycles. The molecular weight excluding hydrogens is 392 g/mol. The number of hydrogen-bond donors (Lipinski definition) is 1. The lowest BCUT2D eigenvalue weighted by atomic mass is 10.1. The number of nitrogens with one attached hydrogen (secondary N) is 1. The van der Waals surface area contributed by atoms with Gasteiger partial charge in [-0.2, -0.15) is 0 Å². The van der Waals surface area contributed by atoms with E-state index in [2.05, 4.69) is 30.4 Å². The van der Waals surface area contributed by atoms with Gasteiger partial charge in [0.25, 0.3) is 5.91 Å². The van der Waals surface area contributed by atoms with E-state index in [1.165, 1.54) is 0 Å². The number of methoxy groups -OCH3 is 3. The van der Waals surface area contributed by atoms with E-state index < -0.39 is 0 Å². The van der Waals surface area contributed by atoms with Gasteiger partial charge in [0.05, 0.1) is 21.3 Å². The Hall–Kier alpha value is -2.99. The molecule has 1 amide bonds. The molecule has 0 radical (unpaired) electrons. The molecule has 3 rings (SSSR count). The fourth-order valence-corrected chi connectivity index (χ4v) is 3.97. The van der Waals surface area contributed by atoms with Crippen molar-refractivity contribution in [3.63, 3.8) is 0 Å². The van der Waals surface area contributed by atoms with Crippen LogP contribution in [0, 0.1) is 0 Å². The number of benzene rings is 2. The van der Waals surface area contributed by atoms with E-state index >= 15 is 0 Å². The van der Waals surface area contributed by atoms with Crippen LogP contribution in [0.4, 0.5) is 0 Å². The quantitative estimate of drug-likeness (QED) is 0.659. The normalized spacial score (nSPS) is 16.1. The van der Waals surface area contributed by atoms with Gasteiger partial charge in [-0.15, -0.1) is 0 Å². The van der Waals surface area contributed by atoms with E-state index in [9.17, 15) is 4.79 Å². The topological polar surface area (TPSA) is 60.0 Å². The molecule has 0 spiro atoms. The molecule has 0 aromatic heterocycles. The fourth-order valence-electron chi connectivity index (χ4n) is 3.97. The molecule has 1 aliphatic rings. The lowest BCUT2D eigenvalue weighted by molar-refractivity contribution is 0.0756. The molecule has 0 aliphatic carbocycles. The van der Waals surface area contributed by atoms with Crippen molar-refractivity contribution in [3.05, 3.63) is 59.2 Å². The molecule has 2 aromatic carbocycles. The molecule has 1 aliphatic heterocycles. The molecule has 1 heterocycles. The van der Waals surface area contributed by atoms with Crippen LogP contribution >= 0.6 is 0 Å². The maximum absolute atomic E-state index is 13.6. The number of ether oxygens (including phenoxy) is 3. The van der Waals surface area contributed by atoms with E-state index in [1.54, 1.807) is 33.5 Å². The van der Waals surface area contributed by atoms with Crippen molar-refractivity contribution >= 4 is 12.0 Å². The van der Waals surface area contributed by atoms with Crippen LogP contribution in [-0.4, -0.2) is 57.8 Å². The largest absolute Gasteiger partial charge is 0.493 e. The summed E-state index contributed by atoms with van der Waals surface area (Å²) in [7, 11) is 4.66. The Morgan fingerprint density at radius 2 is 1.77 bits per heavy atom. The highest BCUT2D eigenvalue weighted by atomic mass is 16.5. The van der Waals surface area contributed by atoms with Crippen LogP contribution in [0.2, 0.25) is 0 Å². The van der Waals surface area contributed by atoms with Crippen molar-refractivity contribution in [2.24, 2.45) is 0 Å². The second-order valence-corrected chi connectivity index (χ2v) is 7.79. The summed E-state index contributed by atoms with van der Waals surface area (Å²) >= 11 is 0. The first-order valence-corrected chi connectivity index (χ1v) is 10.6. The number of nitrogens with zero attached hydrogens (tertiary/aromatic N) is 1. The SMILES string of the molecule is COc1cc(C(=O)N(C/C(C)=C/c2ccccc2)C[C@@H]2CCCN2)cc(OC)c1OC. The molecule has 166 valence electrons. The maximum Gasteiger partial charge on any atom is 0.254 e. The highest BCUT2D eigenvalue weighted by Gasteiger charge is 2.25. The van der Waals surface area contributed by atoms with E-state index in [0.717, 1.165) is 30.5 Å². The van der Waals surface area contributed by atoms with Crippen LogP contribution < -0.4 is 19.5 Å². The van der Waals surface area contributed by atoms with Gasteiger partial charge < -0.3 is 24.4 Å². The third kappa shape index (κ3) is 5.79. The van der Waals surface area contributed by atoms with Crippen molar-refractivity contribution in [1.29, 1.82) is 0 Å².